The van der Waals surface area contributed by atoms with Crippen LogP contribution < -0.4 is 0 Å². The van der Waals surface area contributed by atoms with Gasteiger partial charge in [-0.15, -0.1) is 0 Å². The van der Waals surface area contributed by atoms with Crippen molar-refractivity contribution in [2.45, 2.75) is 50.2 Å². The average molecular weight is 408 g/mol. The predicted octanol–water partition coefficient (Wildman–Crippen LogP) is 2.12. The molecule has 6 nitrogen and oxygen atoms in total. The number of alkyl halides is 6. The first-order chi connectivity index (χ1) is 10.6. The number of hydrogen-bond acceptors (Lipinski definition) is 6. The first-order valence-corrected chi connectivity index (χ1v) is 9.68. The van der Waals surface area contributed by atoms with E-state index in [-0.39, 0.29) is 25.7 Å². The monoisotopic (exact) mass is 408 g/mol. The molecule has 1 rings (SSSR count). The Bertz CT molecular complexity index is 559. The van der Waals surface area contributed by atoms with Gasteiger partial charge in [0, 0.05) is 0 Å². The molecular weight excluding hydrogens is 394 g/mol. The zero-order chi connectivity index (χ0) is 18.8. The maximum absolute atomic E-state index is 12.1. The molecule has 0 N–H and O–H groups in total. The fraction of sp³-hybridized carbons (Fsp3) is 1.00. The summed E-state index contributed by atoms with van der Waals surface area (Å²) in [4.78, 5) is 0. The summed E-state index contributed by atoms with van der Waals surface area (Å²) in [7, 11) is -9.70. The molecule has 0 saturated heterocycles. The number of hydrogen-bond donors (Lipinski definition) is 0. The highest BCUT2D eigenvalue weighted by Gasteiger charge is 2.40. The van der Waals surface area contributed by atoms with Gasteiger partial charge < -0.3 is 0 Å². The first kappa shape index (κ1) is 21.4. The van der Waals surface area contributed by atoms with Crippen LogP contribution in [-0.4, -0.2) is 52.9 Å². The van der Waals surface area contributed by atoms with Crippen molar-refractivity contribution in [3.63, 3.8) is 0 Å². The van der Waals surface area contributed by atoms with E-state index < -0.39 is 56.3 Å². The van der Waals surface area contributed by atoms with E-state index in [2.05, 4.69) is 8.37 Å². The fourth-order valence-electron chi connectivity index (χ4n) is 2.11. The molecular formula is C10H14F6O6S2. The normalized spacial score (nSPS) is 24.1. The molecule has 0 atom stereocenters. The van der Waals surface area contributed by atoms with Gasteiger partial charge in [0.25, 0.3) is 20.2 Å². The van der Waals surface area contributed by atoms with Gasteiger partial charge in [0.15, 0.2) is 11.5 Å². The van der Waals surface area contributed by atoms with E-state index >= 15 is 0 Å². The Labute approximate surface area is 134 Å². The average Bonchev–Trinajstić information content (AvgIpc) is 2.24. The molecule has 0 aromatic rings. The van der Waals surface area contributed by atoms with Gasteiger partial charge in [0.2, 0.25) is 0 Å². The van der Waals surface area contributed by atoms with Crippen molar-refractivity contribution in [3.8, 4) is 0 Å². The third kappa shape index (κ3) is 9.03. The Morgan fingerprint density at radius 1 is 0.667 bits per heavy atom. The molecule has 0 aliphatic heterocycles. The largest absolute Gasteiger partial charge is 0.405 e. The molecule has 0 aromatic heterocycles. The minimum atomic E-state index is -4.97. The van der Waals surface area contributed by atoms with Gasteiger partial charge in [-0.2, -0.15) is 43.2 Å². The molecule has 0 radical (unpaired) electrons. The van der Waals surface area contributed by atoms with Crippen molar-refractivity contribution < 1.29 is 51.5 Å². The molecule has 0 spiro atoms. The van der Waals surface area contributed by atoms with Crippen LogP contribution in [0.15, 0.2) is 0 Å². The highest BCUT2D eigenvalue weighted by atomic mass is 32.2. The summed E-state index contributed by atoms with van der Waals surface area (Å²) < 4.78 is 126. The Kier molecular flexibility index (Phi) is 6.55. The van der Waals surface area contributed by atoms with Crippen molar-refractivity contribution in [2.75, 3.05) is 11.5 Å². The maximum Gasteiger partial charge on any atom is 0.405 e. The van der Waals surface area contributed by atoms with Gasteiger partial charge >= 0.3 is 12.4 Å². The van der Waals surface area contributed by atoms with E-state index in [0.717, 1.165) is 0 Å². The molecule has 0 amide bonds. The summed E-state index contributed by atoms with van der Waals surface area (Å²) in [5.74, 6) is -4.31. The summed E-state index contributed by atoms with van der Waals surface area (Å²) >= 11 is 0. The third-order valence-corrected chi connectivity index (χ3v) is 5.36. The summed E-state index contributed by atoms with van der Waals surface area (Å²) in [5, 5.41) is 0. The molecule has 0 unspecified atom stereocenters. The van der Waals surface area contributed by atoms with Crippen molar-refractivity contribution in [3.05, 3.63) is 0 Å². The lowest BCUT2D eigenvalue weighted by molar-refractivity contribution is -0.109. The van der Waals surface area contributed by atoms with E-state index in [1.165, 1.54) is 0 Å². The Hall–Kier alpha value is -0.600. The van der Waals surface area contributed by atoms with Gasteiger partial charge in [-0.25, -0.2) is 0 Å². The molecule has 1 aliphatic carbocycles. The van der Waals surface area contributed by atoms with E-state index in [0.29, 0.717) is 0 Å². The fourth-order valence-corrected chi connectivity index (χ4v) is 4.26. The molecule has 0 heterocycles. The van der Waals surface area contributed by atoms with Gasteiger partial charge in [0.1, 0.15) is 0 Å². The summed E-state index contributed by atoms with van der Waals surface area (Å²) in [6, 6.07) is 0. The molecule has 144 valence electrons. The highest BCUT2D eigenvalue weighted by Crippen LogP contribution is 2.28. The molecule has 14 heteroatoms. The third-order valence-electron chi connectivity index (χ3n) is 2.87. The molecule has 1 aliphatic rings. The molecule has 24 heavy (non-hydrogen) atoms. The van der Waals surface area contributed by atoms with E-state index in [1.807, 2.05) is 0 Å². The van der Waals surface area contributed by atoms with Gasteiger partial charge in [0.05, 0.1) is 12.2 Å². The van der Waals surface area contributed by atoms with Crippen molar-refractivity contribution >= 4 is 20.2 Å². The van der Waals surface area contributed by atoms with Crippen LogP contribution in [0.4, 0.5) is 26.3 Å². The number of rotatable bonds is 6. The second kappa shape index (κ2) is 7.33. The Balaban J connectivity index is 2.50. The van der Waals surface area contributed by atoms with Crippen LogP contribution in [0.1, 0.15) is 25.7 Å². The number of halogens is 6. The summed E-state index contributed by atoms with van der Waals surface area (Å²) in [5.41, 5.74) is 0. The second-order valence-corrected chi connectivity index (χ2v) is 8.42. The van der Waals surface area contributed by atoms with E-state index in [9.17, 15) is 43.2 Å². The van der Waals surface area contributed by atoms with Crippen LogP contribution in [-0.2, 0) is 28.6 Å². The van der Waals surface area contributed by atoms with Crippen molar-refractivity contribution in [1.82, 2.24) is 0 Å². The highest BCUT2D eigenvalue weighted by molar-refractivity contribution is 7.87. The Morgan fingerprint density at radius 2 is 0.917 bits per heavy atom. The minimum absolute atomic E-state index is 0.163. The zero-order valence-electron chi connectivity index (χ0n) is 11.9. The van der Waals surface area contributed by atoms with Crippen LogP contribution in [0.5, 0.6) is 0 Å². The Morgan fingerprint density at radius 3 is 1.12 bits per heavy atom. The molecule has 0 aromatic carbocycles. The standard InChI is InChI=1S/C10H14F6O6S2/c11-9(12,13)5-23(17,18)21-7-1-2-8(4-3-7)22-24(19,20)6-10(14,15)16/h7-8H,1-6H2. The lowest BCUT2D eigenvalue weighted by atomic mass is 9.95. The minimum Gasteiger partial charge on any atom is -0.267 e. The smallest absolute Gasteiger partial charge is 0.267 e. The topological polar surface area (TPSA) is 86.7 Å². The predicted molar refractivity (Wildman–Crippen MR) is 67.9 cm³/mol. The van der Waals surface area contributed by atoms with E-state index in [1.54, 1.807) is 0 Å². The van der Waals surface area contributed by atoms with Crippen LogP contribution in [0.2, 0.25) is 0 Å². The zero-order valence-corrected chi connectivity index (χ0v) is 13.6. The molecule has 1 fully saturated rings. The van der Waals surface area contributed by atoms with Crippen LogP contribution >= 0.6 is 0 Å². The maximum atomic E-state index is 12.1. The van der Waals surface area contributed by atoms with Gasteiger partial charge in [-0.1, -0.05) is 0 Å². The van der Waals surface area contributed by atoms with Crippen molar-refractivity contribution in [1.29, 1.82) is 0 Å². The lowest BCUT2D eigenvalue weighted by Crippen LogP contribution is -2.34. The van der Waals surface area contributed by atoms with Crippen LogP contribution in [0, 0.1) is 0 Å². The van der Waals surface area contributed by atoms with Gasteiger partial charge in [-0.3, -0.25) is 8.37 Å². The summed E-state index contributed by atoms with van der Waals surface area (Å²) in [6.07, 6.45) is -12.8. The van der Waals surface area contributed by atoms with Crippen LogP contribution in [0.3, 0.4) is 0 Å². The van der Waals surface area contributed by atoms with Gasteiger partial charge in [-0.05, 0) is 25.7 Å². The second-order valence-electron chi connectivity index (χ2n) is 5.23. The molecule has 0 bridgehead atoms. The quantitative estimate of drug-likeness (QED) is 0.494. The summed E-state index contributed by atoms with van der Waals surface area (Å²) in [6.45, 7) is 0. The lowest BCUT2D eigenvalue weighted by Gasteiger charge is -2.27. The molecule has 1 saturated carbocycles. The van der Waals surface area contributed by atoms with Crippen molar-refractivity contribution in [2.24, 2.45) is 0 Å². The SMILES string of the molecule is O=S(=O)(CC(F)(F)F)OC1CCC(OS(=O)(=O)CC(F)(F)F)CC1. The van der Waals surface area contributed by atoms with E-state index in [4.69, 9.17) is 0 Å². The van der Waals surface area contributed by atoms with Crippen LogP contribution in [0.25, 0.3) is 0 Å². The first-order valence-electron chi connectivity index (χ1n) is 6.52.